The Bertz CT molecular complexity index is 934. The minimum atomic E-state index is -1.63. The van der Waals surface area contributed by atoms with E-state index in [4.69, 9.17) is 0 Å². The average molecular weight is 319 g/mol. The highest BCUT2D eigenvalue weighted by atomic mass is 19.2. The molecule has 7 heteroatoms. The van der Waals surface area contributed by atoms with E-state index >= 15 is 0 Å². The number of imidazole rings is 1. The number of nitrogens with zero attached hydrogens (tertiary/aromatic N) is 2. The number of carbonyl (C=O) groups excluding carboxylic acids is 1. The van der Waals surface area contributed by atoms with Crippen molar-refractivity contribution in [3.63, 3.8) is 0 Å². The molecule has 0 radical (unpaired) electrons. The molecule has 2 heterocycles. The van der Waals surface area contributed by atoms with Crippen molar-refractivity contribution in [1.29, 1.82) is 0 Å². The molecule has 3 rings (SSSR count). The summed E-state index contributed by atoms with van der Waals surface area (Å²) in [5.41, 5.74) is 1.68. The molecule has 0 bridgehead atoms. The second-order valence-corrected chi connectivity index (χ2v) is 5.11. The lowest BCUT2D eigenvalue weighted by Gasteiger charge is -2.08. The number of benzene rings is 1. The van der Waals surface area contributed by atoms with Crippen molar-refractivity contribution in [3.8, 4) is 0 Å². The van der Waals surface area contributed by atoms with E-state index in [1.165, 1.54) is 0 Å². The number of aromatic nitrogens is 2. The Balaban J connectivity index is 2.04. The smallest absolute Gasteiger partial charge is 0.274 e. The maximum atomic E-state index is 13.7. The number of rotatable bonds is 2. The number of fused-ring (bicyclic) bond motifs is 1. The summed E-state index contributed by atoms with van der Waals surface area (Å²) in [6, 6.07) is 5.31. The highest BCUT2D eigenvalue weighted by molar-refractivity contribution is 6.04. The van der Waals surface area contributed by atoms with Crippen molar-refractivity contribution in [3.05, 3.63) is 64.9 Å². The first-order chi connectivity index (χ1) is 10.9. The normalized spacial score (nSPS) is 11.0. The van der Waals surface area contributed by atoms with Gasteiger partial charge in [0.15, 0.2) is 17.5 Å². The number of nitrogens with one attached hydrogen (secondary N) is 1. The molecule has 2 aromatic heterocycles. The van der Waals surface area contributed by atoms with Crippen molar-refractivity contribution >= 4 is 17.2 Å². The molecular weight excluding hydrogens is 307 g/mol. The summed E-state index contributed by atoms with van der Waals surface area (Å²) in [6.07, 6.45) is 1.65. The van der Waals surface area contributed by atoms with E-state index < -0.39 is 29.0 Å². The fraction of sp³-hybridized carbons (Fsp3) is 0.125. The second kappa shape index (κ2) is 5.42. The molecule has 0 atom stereocenters. The number of hydrogen-bond donors (Lipinski definition) is 1. The van der Waals surface area contributed by atoms with Gasteiger partial charge in [-0.25, -0.2) is 18.2 Å². The number of aryl methyl sites for hydroxylation is 2. The largest absolute Gasteiger partial charge is 0.318 e. The van der Waals surface area contributed by atoms with Gasteiger partial charge < -0.3 is 5.32 Å². The minimum absolute atomic E-state index is 0.202. The standard InChI is InChI=1S/C16H12F3N3O/c1-8-4-3-7-22-14(9(2)20-15(8)22)16(23)21-11-6-5-10(17)12(18)13(11)19/h3-7H,1-2H3,(H,21,23). The van der Waals surface area contributed by atoms with Gasteiger partial charge in [0.2, 0.25) is 0 Å². The number of pyridine rings is 1. The SMILES string of the molecule is Cc1nc2c(C)cccn2c1C(=O)Nc1ccc(F)c(F)c1F. The zero-order chi connectivity index (χ0) is 16.7. The molecule has 1 N–H and O–H groups in total. The number of hydrogen-bond acceptors (Lipinski definition) is 2. The average Bonchev–Trinajstić information content (AvgIpc) is 2.85. The summed E-state index contributed by atoms with van der Waals surface area (Å²) in [4.78, 5) is 16.7. The van der Waals surface area contributed by atoms with Gasteiger partial charge in [-0.3, -0.25) is 9.20 Å². The van der Waals surface area contributed by atoms with Crippen molar-refractivity contribution in [2.45, 2.75) is 13.8 Å². The van der Waals surface area contributed by atoms with Crippen LogP contribution in [0.15, 0.2) is 30.5 Å². The first-order valence-electron chi connectivity index (χ1n) is 6.79. The fourth-order valence-corrected chi connectivity index (χ4v) is 2.39. The monoisotopic (exact) mass is 319 g/mol. The van der Waals surface area contributed by atoms with Crippen LogP contribution in [0.3, 0.4) is 0 Å². The molecule has 4 nitrogen and oxygen atoms in total. The Morgan fingerprint density at radius 1 is 1.13 bits per heavy atom. The summed E-state index contributed by atoms with van der Waals surface area (Å²) in [6.45, 7) is 3.49. The molecule has 0 aliphatic carbocycles. The summed E-state index contributed by atoms with van der Waals surface area (Å²) in [5, 5.41) is 2.25. The van der Waals surface area contributed by atoms with Crippen LogP contribution in [0.25, 0.3) is 5.65 Å². The Kier molecular flexibility index (Phi) is 3.55. The Hall–Kier alpha value is -2.83. The van der Waals surface area contributed by atoms with Gasteiger partial charge in [0.25, 0.3) is 5.91 Å². The van der Waals surface area contributed by atoms with Crippen molar-refractivity contribution in [2.24, 2.45) is 0 Å². The third-order valence-corrected chi connectivity index (χ3v) is 3.52. The lowest BCUT2D eigenvalue weighted by molar-refractivity contribution is 0.102. The zero-order valence-electron chi connectivity index (χ0n) is 12.3. The van der Waals surface area contributed by atoms with Gasteiger partial charge >= 0.3 is 0 Å². The van der Waals surface area contributed by atoms with Crippen molar-refractivity contribution < 1.29 is 18.0 Å². The van der Waals surface area contributed by atoms with Gasteiger partial charge in [-0.15, -0.1) is 0 Å². The van der Waals surface area contributed by atoms with E-state index in [9.17, 15) is 18.0 Å². The number of amides is 1. The molecule has 0 aliphatic rings. The summed E-state index contributed by atoms with van der Waals surface area (Å²) < 4.78 is 41.5. The van der Waals surface area contributed by atoms with E-state index in [-0.39, 0.29) is 5.69 Å². The molecule has 3 aromatic rings. The summed E-state index contributed by atoms with van der Waals surface area (Å²) in [5.74, 6) is -5.05. The lowest BCUT2D eigenvalue weighted by Crippen LogP contribution is -2.17. The van der Waals surface area contributed by atoms with Gasteiger partial charge in [0.1, 0.15) is 11.3 Å². The number of halogens is 3. The van der Waals surface area contributed by atoms with Gasteiger partial charge in [0, 0.05) is 6.20 Å². The molecule has 1 aromatic carbocycles. The lowest BCUT2D eigenvalue weighted by atomic mass is 10.2. The Morgan fingerprint density at radius 2 is 1.87 bits per heavy atom. The number of anilines is 1. The van der Waals surface area contributed by atoms with Gasteiger partial charge in [-0.05, 0) is 37.6 Å². The first kappa shape index (κ1) is 15.1. The number of carbonyl (C=O) groups is 1. The van der Waals surface area contributed by atoms with E-state index in [1.807, 2.05) is 13.0 Å². The molecule has 0 spiro atoms. The summed E-state index contributed by atoms with van der Waals surface area (Å²) in [7, 11) is 0. The molecular formula is C16H12F3N3O. The van der Waals surface area contributed by atoms with Crippen LogP contribution in [-0.2, 0) is 0 Å². The van der Waals surface area contributed by atoms with Gasteiger partial charge in [-0.1, -0.05) is 6.07 Å². The molecule has 1 amide bonds. The minimum Gasteiger partial charge on any atom is -0.318 e. The molecule has 23 heavy (non-hydrogen) atoms. The maximum absolute atomic E-state index is 13.7. The third kappa shape index (κ3) is 2.44. The maximum Gasteiger partial charge on any atom is 0.274 e. The zero-order valence-corrected chi connectivity index (χ0v) is 12.3. The molecule has 0 saturated carbocycles. The first-order valence-corrected chi connectivity index (χ1v) is 6.79. The van der Waals surface area contributed by atoms with Crippen LogP contribution in [0, 0.1) is 31.3 Å². The molecule has 118 valence electrons. The second-order valence-electron chi connectivity index (χ2n) is 5.11. The van der Waals surface area contributed by atoms with Crippen LogP contribution in [-0.4, -0.2) is 15.3 Å². The third-order valence-electron chi connectivity index (χ3n) is 3.52. The van der Waals surface area contributed by atoms with Crippen LogP contribution >= 0.6 is 0 Å². The Labute approximate surface area is 129 Å². The molecule has 0 saturated heterocycles. The predicted octanol–water partition coefficient (Wildman–Crippen LogP) is 3.62. The highest BCUT2D eigenvalue weighted by Crippen LogP contribution is 2.22. The quantitative estimate of drug-likeness (QED) is 0.733. The van der Waals surface area contributed by atoms with Gasteiger partial charge in [0.05, 0.1) is 11.4 Å². The van der Waals surface area contributed by atoms with Crippen molar-refractivity contribution in [1.82, 2.24) is 9.38 Å². The van der Waals surface area contributed by atoms with E-state index in [1.54, 1.807) is 23.6 Å². The van der Waals surface area contributed by atoms with Crippen LogP contribution in [0.1, 0.15) is 21.7 Å². The van der Waals surface area contributed by atoms with Crippen LogP contribution in [0.4, 0.5) is 18.9 Å². The Morgan fingerprint density at radius 3 is 2.61 bits per heavy atom. The molecule has 0 unspecified atom stereocenters. The van der Waals surface area contributed by atoms with E-state index in [0.717, 1.165) is 17.7 Å². The molecule has 0 aliphatic heterocycles. The summed E-state index contributed by atoms with van der Waals surface area (Å²) >= 11 is 0. The van der Waals surface area contributed by atoms with Crippen LogP contribution < -0.4 is 5.32 Å². The van der Waals surface area contributed by atoms with E-state index in [0.29, 0.717) is 11.3 Å². The molecule has 0 fully saturated rings. The van der Waals surface area contributed by atoms with E-state index in [2.05, 4.69) is 10.3 Å². The van der Waals surface area contributed by atoms with Crippen molar-refractivity contribution in [2.75, 3.05) is 5.32 Å². The van der Waals surface area contributed by atoms with Gasteiger partial charge in [-0.2, -0.15) is 0 Å². The van der Waals surface area contributed by atoms with Crippen LogP contribution in [0.2, 0.25) is 0 Å². The topological polar surface area (TPSA) is 46.4 Å². The highest BCUT2D eigenvalue weighted by Gasteiger charge is 2.20. The van der Waals surface area contributed by atoms with Crippen LogP contribution in [0.5, 0.6) is 0 Å². The fourth-order valence-electron chi connectivity index (χ4n) is 2.39. The predicted molar refractivity (Wildman–Crippen MR) is 78.9 cm³/mol.